The van der Waals surface area contributed by atoms with Gasteiger partial charge in [0.25, 0.3) is 0 Å². The Morgan fingerprint density at radius 2 is 1.17 bits per heavy atom. The van der Waals surface area contributed by atoms with Gasteiger partial charge >= 0.3 is 0 Å². The van der Waals surface area contributed by atoms with Crippen molar-refractivity contribution in [3.8, 4) is 22.3 Å². The van der Waals surface area contributed by atoms with Gasteiger partial charge in [-0.15, -0.1) is 0 Å². The van der Waals surface area contributed by atoms with E-state index in [0.29, 0.717) is 11.8 Å². The van der Waals surface area contributed by atoms with Crippen LogP contribution in [-0.2, 0) is 0 Å². The van der Waals surface area contributed by atoms with E-state index in [0.717, 1.165) is 18.4 Å². The van der Waals surface area contributed by atoms with Crippen LogP contribution in [0.2, 0.25) is 0 Å². The zero-order valence-electron chi connectivity index (χ0n) is 25.5. The topological polar surface area (TPSA) is 25.8 Å². The molecule has 2 aliphatic carbocycles. The zero-order valence-corrected chi connectivity index (χ0v) is 25.5. The Morgan fingerprint density at radius 1 is 0.500 bits per heavy atom. The van der Waals surface area contributed by atoms with Gasteiger partial charge in [0.1, 0.15) is 0 Å². The fourth-order valence-corrected chi connectivity index (χ4v) is 7.99. The molecule has 2 nitrogen and oxygen atoms in total. The minimum Gasteiger partial charge on any atom is -0.264 e. The maximum Gasteiger partial charge on any atom is 0.0349 e. The largest absolute Gasteiger partial charge is 0.264 e. The molecule has 5 aromatic carbocycles. The van der Waals surface area contributed by atoms with Crippen LogP contribution in [0, 0.1) is 5.92 Å². The first-order valence-electron chi connectivity index (χ1n) is 16.2. The molecule has 2 heterocycles. The summed E-state index contributed by atoms with van der Waals surface area (Å²) in [6, 6.07) is 39.9. The van der Waals surface area contributed by atoms with Crippen LogP contribution in [0.25, 0.3) is 60.1 Å². The second kappa shape index (κ2) is 11.1. The van der Waals surface area contributed by atoms with Gasteiger partial charge in [0.2, 0.25) is 0 Å². The van der Waals surface area contributed by atoms with Gasteiger partial charge in [-0.1, -0.05) is 115 Å². The van der Waals surface area contributed by atoms with E-state index in [2.05, 4.69) is 137 Å². The normalized spacial score (nSPS) is 17.6. The summed E-state index contributed by atoms with van der Waals surface area (Å²) in [5.74, 6) is 0.730. The number of benzene rings is 5. The number of allylic oxidation sites excluding steroid dienone is 6. The Kier molecular flexibility index (Phi) is 6.45. The predicted octanol–water partition coefficient (Wildman–Crippen LogP) is 11.3. The third kappa shape index (κ3) is 4.33. The van der Waals surface area contributed by atoms with Crippen LogP contribution in [-0.4, -0.2) is 9.97 Å². The van der Waals surface area contributed by atoms with E-state index in [1.165, 1.54) is 71.3 Å². The standard InChI is InChI=1S/C44H32N2/c1-2-11-30-26-31(22-21-29(30)10-1)43-38-13-3-5-15-40(38)44(41-16-6-4-14-39(41)43)37-20-8-18-33-34(17-7-19-35(33)37)36-23-25-46-28-42(36)32-12-9-24-45-27-32/h1-16,19-28,33-34H,17-18H2. The fraction of sp³-hybridized carbons (Fsp3) is 0.0909. The Labute approximate surface area is 269 Å². The van der Waals surface area contributed by atoms with E-state index in [1.807, 2.05) is 30.9 Å². The highest BCUT2D eigenvalue weighted by atomic mass is 14.6. The van der Waals surface area contributed by atoms with Crippen molar-refractivity contribution in [1.29, 1.82) is 0 Å². The van der Waals surface area contributed by atoms with Gasteiger partial charge in [0, 0.05) is 35.9 Å². The average molecular weight is 589 g/mol. The summed E-state index contributed by atoms with van der Waals surface area (Å²) in [6.07, 6.45) is 19.4. The molecule has 2 aromatic heterocycles. The first-order valence-corrected chi connectivity index (χ1v) is 16.2. The molecule has 0 bridgehead atoms. The second-order valence-electron chi connectivity index (χ2n) is 12.5. The molecule has 0 saturated carbocycles. The first kappa shape index (κ1) is 26.8. The van der Waals surface area contributed by atoms with Gasteiger partial charge in [-0.2, -0.15) is 0 Å². The highest BCUT2D eigenvalue weighted by Gasteiger charge is 2.33. The number of hydrogen-bond acceptors (Lipinski definition) is 2. The molecule has 0 spiro atoms. The van der Waals surface area contributed by atoms with Crippen LogP contribution in [0.1, 0.15) is 29.9 Å². The molecule has 218 valence electrons. The Hall–Kier alpha value is -5.60. The minimum absolute atomic E-state index is 0.354. The Balaban J connectivity index is 1.27. The van der Waals surface area contributed by atoms with Gasteiger partial charge in [0.05, 0.1) is 0 Å². The van der Waals surface area contributed by atoms with Crippen LogP contribution < -0.4 is 0 Å². The molecule has 0 radical (unpaired) electrons. The summed E-state index contributed by atoms with van der Waals surface area (Å²) >= 11 is 0. The van der Waals surface area contributed by atoms with E-state index in [-0.39, 0.29) is 0 Å². The summed E-state index contributed by atoms with van der Waals surface area (Å²) in [6.45, 7) is 0. The molecule has 0 saturated heterocycles. The quantitative estimate of drug-likeness (QED) is 0.191. The summed E-state index contributed by atoms with van der Waals surface area (Å²) in [5, 5.41) is 7.71. The van der Waals surface area contributed by atoms with Gasteiger partial charge in [-0.05, 0) is 109 Å². The maximum absolute atomic E-state index is 4.53. The minimum atomic E-state index is 0.354. The lowest BCUT2D eigenvalue weighted by atomic mass is 9.69. The lowest BCUT2D eigenvalue weighted by Crippen LogP contribution is -2.20. The lowest BCUT2D eigenvalue weighted by Gasteiger charge is -2.35. The van der Waals surface area contributed by atoms with Crippen LogP contribution in [0.4, 0.5) is 0 Å². The molecule has 2 aliphatic rings. The smallest absolute Gasteiger partial charge is 0.0349 e. The summed E-state index contributed by atoms with van der Waals surface area (Å²) < 4.78 is 0. The summed E-state index contributed by atoms with van der Waals surface area (Å²) in [4.78, 5) is 8.95. The van der Waals surface area contributed by atoms with Crippen molar-refractivity contribution in [2.75, 3.05) is 0 Å². The summed E-state index contributed by atoms with van der Waals surface area (Å²) in [5.41, 5.74) is 10.3. The van der Waals surface area contributed by atoms with E-state index in [9.17, 15) is 0 Å². The molecule has 7 aromatic rings. The predicted molar refractivity (Wildman–Crippen MR) is 193 cm³/mol. The van der Waals surface area contributed by atoms with E-state index in [1.54, 1.807) is 0 Å². The molecule has 0 N–H and O–H groups in total. The van der Waals surface area contributed by atoms with Crippen LogP contribution in [0.15, 0.2) is 164 Å². The summed E-state index contributed by atoms with van der Waals surface area (Å²) in [7, 11) is 0. The first-order chi connectivity index (χ1) is 22.8. The van der Waals surface area contributed by atoms with E-state index < -0.39 is 0 Å². The molecular formula is C44H32N2. The number of nitrogens with zero attached hydrogens (tertiary/aromatic N) is 2. The highest BCUT2D eigenvalue weighted by Crippen LogP contribution is 2.50. The Bertz CT molecular complexity index is 2320. The molecule has 2 unspecified atom stereocenters. The Morgan fingerprint density at radius 3 is 1.93 bits per heavy atom. The van der Waals surface area contributed by atoms with Crippen LogP contribution >= 0.6 is 0 Å². The van der Waals surface area contributed by atoms with Crippen molar-refractivity contribution in [3.63, 3.8) is 0 Å². The molecule has 2 heteroatoms. The van der Waals surface area contributed by atoms with Crippen molar-refractivity contribution in [2.24, 2.45) is 5.92 Å². The van der Waals surface area contributed by atoms with Crippen molar-refractivity contribution < 1.29 is 0 Å². The third-order valence-corrected chi connectivity index (χ3v) is 10.0. The fourth-order valence-electron chi connectivity index (χ4n) is 7.99. The second-order valence-corrected chi connectivity index (χ2v) is 12.5. The van der Waals surface area contributed by atoms with Crippen LogP contribution in [0.5, 0.6) is 0 Å². The van der Waals surface area contributed by atoms with Gasteiger partial charge in [-0.25, -0.2) is 0 Å². The lowest BCUT2D eigenvalue weighted by molar-refractivity contribution is 0.485. The van der Waals surface area contributed by atoms with E-state index >= 15 is 0 Å². The zero-order chi connectivity index (χ0) is 30.5. The van der Waals surface area contributed by atoms with Crippen LogP contribution in [0.3, 0.4) is 0 Å². The van der Waals surface area contributed by atoms with Gasteiger partial charge in [-0.3, -0.25) is 9.97 Å². The molecule has 46 heavy (non-hydrogen) atoms. The molecular weight excluding hydrogens is 556 g/mol. The number of rotatable bonds is 4. The molecule has 0 amide bonds. The number of pyridine rings is 2. The van der Waals surface area contributed by atoms with Crippen molar-refractivity contribution in [1.82, 2.24) is 9.97 Å². The van der Waals surface area contributed by atoms with Crippen molar-refractivity contribution in [3.05, 3.63) is 175 Å². The van der Waals surface area contributed by atoms with Gasteiger partial charge < -0.3 is 0 Å². The van der Waals surface area contributed by atoms with Gasteiger partial charge in [0.15, 0.2) is 0 Å². The molecule has 9 rings (SSSR count). The molecule has 0 aliphatic heterocycles. The molecule has 2 atom stereocenters. The highest BCUT2D eigenvalue weighted by molar-refractivity contribution is 6.20. The maximum atomic E-state index is 4.53. The SMILES string of the molecule is C1=CC(c2c3ccccc3c(-c3ccc4ccccc4c3)c3ccccc23)=C2C=CCC(c3ccncc3-c3cccnc3)C2C1. The number of hydrogen-bond donors (Lipinski definition) is 0. The number of fused-ring (bicyclic) bond motifs is 4. The van der Waals surface area contributed by atoms with Crippen molar-refractivity contribution in [2.45, 2.75) is 18.8 Å². The average Bonchev–Trinajstić information content (AvgIpc) is 3.13. The van der Waals surface area contributed by atoms with E-state index in [4.69, 9.17) is 0 Å². The van der Waals surface area contributed by atoms with Crippen molar-refractivity contribution >= 4 is 37.9 Å². The molecule has 0 fully saturated rings. The number of aromatic nitrogens is 2. The third-order valence-electron chi connectivity index (χ3n) is 10.0. The monoisotopic (exact) mass is 588 g/mol.